The summed E-state index contributed by atoms with van der Waals surface area (Å²) in [6.07, 6.45) is 2.14. The van der Waals surface area contributed by atoms with E-state index in [1.165, 1.54) is 17.9 Å². The average molecular weight is 192 g/mol. The lowest BCUT2D eigenvalue weighted by Gasteiger charge is -2.29. The van der Waals surface area contributed by atoms with Crippen molar-refractivity contribution in [2.24, 2.45) is 0 Å². The summed E-state index contributed by atoms with van der Waals surface area (Å²) in [5, 5.41) is 9.59. The molecule has 1 aliphatic heterocycles. The number of aliphatic hydroxyl groups is 1. The molecular weight excluding hydrogens is 176 g/mol. The molecule has 3 heteroatoms. The first kappa shape index (κ1) is 9.75. The van der Waals surface area contributed by atoms with Crippen LogP contribution in [-0.2, 0) is 0 Å². The summed E-state index contributed by atoms with van der Waals surface area (Å²) in [6.45, 7) is 4.10. The van der Waals surface area contributed by atoms with Gasteiger partial charge in [-0.05, 0) is 13.3 Å². The summed E-state index contributed by atoms with van der Waals surface area (Å²) >= 11 is 3.87. The van der Waals surface area contributed by atoms with Crippen LogP contribution >= 0.6 is 23.5 Å². The number of thioether (sulfide) groups is 2. The van der Waals surface area contributed by atoms with Gasteiger partial charge in [0.05, 0.1) is 10.2 Å². The van der Waals surface area contributed by atoms with E-state index in [0.29, 0.717) is 0 Å². The molecule has 1 fully saturated rings. The van der Waals surface area contributed by atoms with Crippen LogP contribution in [0.3, 0.4) is 0 Å². The Kier molecular flexibility index (Phi) is 3.59. The first-order valence-electron chi connectivity index (χ1n) is 4.17. The van der Waals surface area contributed by atoms with Crippen LogP contribution in [0.1, 0.15) is 26.7 Å². The number of aliphatic hydroxyl groups excluding tert-OH is 1. The van der Waals surface area contributed by atoms with Gasteiger partial charge in [-0.2, -0.15) is 0 Å². The first-order valence-corrected chi connectivity index (χ1v) is 6.14. The molecule has 1 N–H and O–H groups in total. The van der Waals surface area contributed by atoms with Crippen molar-refractivity contribution < 1.29 is 5.11 Å². The molecule has 0 spiro atoms. The van der Waals surface area contributed by atoms with Gasteiger partial charge in [0.15, 0.2) is 0 Å². The van der Waals surface area contributed by atoms with E-state index in [4.69, 9.17) is 0 Å². The zero-order valence-electron chi connectivity index (χ0n) is 7.17. The smallest absolute Gasteiger partial charge is 0.0866 e. The minimum absolute atomic E-state index is 0.134. The summed E-state index contributed by atoms with van der Waals surface area (Å²) < 4.78 is 0.134. The maximum atomic E-state index is 9.59. The van der Waals surface area contributed by atoms with Crippen LogP contribution in [0.2, 0.25) is 0 Å². The molecule has 1 saturated heterocycles. The Labute approximate surface area is 77.3 Å². The molecule has 0 saturated carbocycles. The molecule has 1 heterocycles. The Morgan fingerprint density at radius 3 is 2.36 bits per heavy atom. The van der Waals surface area contributed by atoms with Crippen molar-refractivity contribution in [3.8, 4) is 0 Å². The van der Waals surface area contributed by atoms with E-state index in [2.05, 4.69) is 6.92 Å². The van der Waals surface area contributed by atoms with Crippen molar-refractivity contribution in [3.05, 3.63) is 0 Å². The van der Waals surface area contributed by atoms with Gasteiger partial charge in [-0.3, -0.25) is 0 Å². The fourth-order valence-electron chi connectivity index (χ4n) is 1.41. The van der Waals surface area contributed by atoms with E-state index in [0.717, 1.165) is 6.42 Å². The highest BCUT2D eigenvalue weighted by Gasteiger charge is 2.38. The Bertz CT molecular complexity index is 119. The fraction of sp³-hybridized carbons (Fsp3) is 1.00. The molecule has 11 heavy (non-hydrogen) atoms. The number of hydrogen-bond acceptors (Lipinski definition) is 3. The lowest BCUT2D eigenvalue weighted by atomic mass is 10.1. The SMILES string of the molecule is CCCC1(C(C)O)SCCS1. The average Bonchev–Trinajstić information content (AvgIpc) is 2.38. The van der Waals surface area contributed by atoms with E-state index in [-0.39, 0.29) is 10.2 Å². The number of hydrogen-bond donors (Lipinski definition) is 1. The monoisotopic (exact) mass is 192 g/mol. The maximum absolute atomic E-state index is 9.59. The third-order valence-corrected chi connectivity index (χ3v) is 5.86. The molecule has 66 valence electrons. The third-order valence-electron chi connectivity index (χ3n) is 2.01. The summed E-state index contributed by atoms with van der Waals surface area (Å²) in [6, 6.07) is 0. The van der Waals surface area contributed by atoms with Crippen molar-refractivity contribution in [1.29, 1.82) is 0 Å². The molecule has 1 nitrogen and oxygen atoms in total. The minimum Gasteiger partial charge on any atom is -0.391 e. The van der Waals surface area contributed by atoms with Gasteiger partial charge in [0.2, 0.25) is 0 Å². The Morgan fingerprint density at radius 1 is 1.45 bits per heavy atom. The summed E-state index contributed by atoms with van der Waals surface area (Å²) in [5.41, 5.74) is 0. The predicted octanol–water partition coefficient (Wildman–Crippen LogP) is 2.34. The van der Waals surface area contributed by atoms with Crippen LogP contribution in [0.4, 0.5) is 0 Å². The third kappa shape index (κ3) is 2.07. The van der Waals surface area contributed by atoms with Gasteiger partial charge in [-0.15, -0.1) is 23.5 Å². The van der Waals surface area contributed by atoms with Crippen LogP contribution in [0.25, 0.3) is 0 Å². The molecule has 0 bridgehead atoms. The Balaban J connectivity index is 2.55. The van der Waals surface area contributed by atoms with Gasteiger partial charge in [0.25, 0.3) is 0 Å². The van der Waals surface area contributed by atoms with Gasteiger partial charge < -0.3 is 5.11 Å². The molecule has 1 unspecified atom stereocenters. The molecule has 0 aromatic carbocycles. The highest BCUT2D eigenvalue weighted by molar-refractivity contribution is 8.21. The molecule has 0 amide bonds. The standard InChI is InChI=1S/C8H16OS2/c1-3-4-8(7(2)9)10-5-6-11-8/h7,9H,3-6H2,1-2H3. The summed E-state index contributed by atoms with van der Waals surface area (Å²) in [4.78, 5) is 0. The minimum atomic E-state index is -0.167. The summed E-state index contributed by atoms with van der Waals surface area (Å²) in [7, 11) is 0. The van der Waals surface area contributed by atoms with Crippen molar-refractivity contribution in [2.45, 2.75) is 36.9 Å². The van der Waals surface area contributed by atoms with Crippen molar-refractivity contribution in [1.82, 2.24) is 0 Å². The molecule has 1 atom stereocenters. The summed E-state index contributed by atoms with van der Waals surface area (Å²) in [5.74, 6) is 2.41. The van der Waals surface area contributed by atoms with E-state index in [9.17, 15) is 5.11 Å². The normalized spacial score (nSPS) is 25.4. The second-order valence-corrected chi connectivity index (χ2v) is 6.04. The molecule has 0 radical (unpaired) electrons. The van der Waals surface area contributed by atoms with Crippen LogP contribution < -0.4 is 0 Å². The van der Waals surface area contributed by atoms with Crippen molar-refractivity contribution in [2.75, 3.05) is 11.5 Å². The maximum Gasteiger partial charge on any atom is 0.0866 e. The van der Waals surface area contributed by atoms with Crippen LogP contribution in [0, 0.1) is 0 Å². The van der Waals surface area contributed by atoms with E-state index < -0.39 is 0 Å². The number of rotatable bonds is 3. The van der Waals surface area contributed by atoms with Gasteiger partial charge in [0.1, 0.15) is 0 Å². The predicted molar refractivity (Wildman–Crippen MR) is 54.2 cm³/mol. The highest BCUT2D eigenvalue weighted by atomic mass is 32.2. The van der Waals surface area contributed by atoms with Crippen LogP contribution in [-0.4, -0.2) is 26.8 Å². The topological polar surface area (TPSA) is 20.2 Å². The largest absolute Gasteiger partial charge is 0.391 e. The molecular formula is C8H16OS2. The Hall–Kier alpha value is 0.660. The molecule has 1 rings (SSSR count). The quantitative estimate of drug-likeness (QED) is 0.741. The fourth-order valence-corrected chi connectivity index (χ4v) is 4.78. The highest BCUT2D eigenvalue weighted by Crippen LogP contribution is 2.49. The van der Waals surface area contributed by atoms with Gasteiger partial charge in [-0.25, -0.2) is 0 Å². The zero-order chi connectivity index (χ0) is 8.32. The van der Waals surface area contributed by atoms with Gasteiger partial charge >= 0.3 is 0 Å². The zero-order valence-corrected chi connectivity index (χ0v) is 8.80. The van der Waals surface area contributed by atoms with Crippen LogP contribution in [0.5, 0.6) is 0 Å². The molecule has 0 aromatic heterocycles. The van der Waals surface area contributed by atoms with Gasteiger partial charge in [-0.1, -0.05) is 13.3 Å². The van der Waals surface area contributed by atoms with Crippen molar-refractivity contribution >= 4 is 23.5 Å². The second-order valence-electron chi connectivity index (χ2n) is 2.93. The lowest BCUT2D eigenvalue weighted by Crippen LogP contribution is -2.31. The van der Waals surface area contributed by atoms with E-state index in [1.807, 2.05) is 30.4 Å². The second kappa shape index (κ2) is 4.06. The molecule has 1 aliphatic rings. The first-order chi connectivity index (χ1) is 5.21. The lowest BCUT2D eigenvalue weighted by molar-refractivity contribution is 0.177. The Morgan fingerprint density at radius 2 is 2.00 bits per heavy atom. The van der Waals surface area contributed by atoms with E-state index in [1.54, 1.807) is 0 Å². The van der Waals surface area contributed by atoms with Crippen LogP contribution in [0.15, 0.2) is 0 Å². The van der Waals surface area contributed by atoms with E-state index >= 15 is 0 Å². The molecule has 0 aromatic rings. The van der Waals surface area contributed by atoms with Gasteiger partial charge in [0, 0.05) is 11.5 Å². The van der Waals surface area contributed by atoms with Crippen molar-refractivity contribution in [3.63, 3.8) is 0 Å². The molecule has 0 aliphatic carbocycles.